The van der Waals surface area contributed by atoms with E-state index in [-0.39, 0.29) is 43.2 Å². The summed E-state index contributed by atoms with van der Waals surface area (Å²) in [6, 6.07) is 25.9. The Morgan fingerprint density at radius 2 is 1.65 bits per heavy atom. The van der Waals surface area contributed by atoms with Crippen molar-refractivity contribution in [3.05, 3.63) is 157 Å². The number of aromatic nitrogens is 3. The fourth-order valence-electron chi connectivity index (χ4n) is 5.46. The molecule has 3 aromatic carbocycles. The summed E-state index contributed by atoms with van der Waals surface area (Å²) in [4.78, 5) is 40.7. The number of fused-ring (bicyclic) bond motifs is 1. The molecule has 256 valence electrons. The molecule has 7 rings (SSSR count). The van der Waals surface area contributed by atoms with Crippen molar-refractivity contribution in [1.29, 1.82) is 0 Å². The van der Waals surface area contributed by atoms with Crippen molar-refractivity contribution < 1.29 is 31.5 Å². The van der Waals surface area contributed by atoms with Crippen LogP contribution in [0.3, 0.4) is 0 Å². The summed E-state index contributed by atoms with van der Waals surface area (Å²) in [5.41, 5.74) is 0.489. The average Bonchev–Trinajstić information content (AvgIpc) is 3.70. The molecule has 1 aliphatic heterocycles. The van der Waals surface area contributed by atoms with Crippen LogP contribution in [0.25, 0.3) is 23.0 Å². The van der Waals surface area contributed by atoms with Gasteiger partial charge in [-0.05, 0) is 54.6 Å². The molecular formula is C37H24F4N4O4S2. The fourth-order valence-corrected chi connectivity index (χ4v) is 7.18. The maximum Gasteiger partial charge on any atom is 0.433 e. The lowest BCUT2D eigenvalue weighted by atomic mass is 9.93. The Balaban J connectivity index is 1.31. The number of carbonyl (C=O) groups excluding carboxylic acids is 1. The second kappa shape index (κ2) is 14.0. The van der Waals surface area contributed by atoms with Crippen molar-refractivity contribution in [2.24, 2.45) is 4.99 Å². The van der Waals surface area contributed by atoms with Gasteiger partial charge in [-0.25, -0.2) is 24.1 Å². The molecule has 0 spiro atoms. The molecule has 0 saturated carbocycles. The van der Waals surface area contributed by atoms with Crippen LogP contribution >= 0.6 is 23.1 Å². The summed E-state index contributed by atoms with van der Waals surface area (Å²) in [6.07, 6.45) is -3.22. The van der Waals surface area contributed by atoms with Gasteiger partial charge in [0.2, 0.25) is 0 Å². The second-order valence-corrected chi connectivity index (χ2v) is 13.0. The van der Waals surface area contributed by atoms with Crippen molar-refractivity contribution in [1.82, 2.24) is 14.5 Å². The molecule has 0 saturated heterocycles. The van der Waals surface area contributed by atoms with Gasteiger partial charge in [0.15, 0.2) is 15.1 Å². The highest BCUT2D eigenvalue weighted by molar-refractivity contribution is 7.99. The normalized spacial score (nSPS) is 14.7. The van der Waals surface area contributed by atoms with Gasteiger partial charge in [-0.15, -0.1) is 0 Å². The van der Waals surface area contributed by atoms with Crippen LogP contribution in [0.4, 0.5) is 17.6 Å². The van der Waals surface area contributed by atoms with E-state index in [1.54, 1.807) is 67.6 Å². The first kappa shape index (κ1) is 33.9. The van der Waals surface area contributed by atoms with Crippen LogP contribution in [-0.2, 0) is 15.7 Å². The van der Waals surface area contributed by atoms with E-state index in [2.05, 4.69) is 9.97 Å². The summed E-state index contributed by atoms with van der Waals surface area (Å²) < 4.78 is 68.2. The van der Waals surface area contributed by atoms with E-state index in [1.807, 2.05) is 6.07 Å². The maximum atomic E-state index is 14.1. The minimum atomic E-state index is -4.70. The van der Waals surface area contributed by atoms with Gasteiger partial charge in [0, 0.05) is 17.2 Å². The van der Waals surface area contributed by atoms with Crippen molar-refractivity contribution in [2.45, 2.75) is 29.4 Å². The van der Waals surface area contributed by atoms with E-state index in [4.69, 9.17) is 14.1 Å². The quantitative estimate of drug-likeness (QED) is 0.0922. The molecule has 0 amide bonds. The Kier molecular flexibility index (Phi) is 9.27. The summed E-state index contributed by atoms with van der Waals surface area (Å²) in [7, 11) is 0. The van der Waals surface area contributed by atoms with E-state index in [1.165, 1.54) is 41.0 Å². The van der Waals surface area contributed by atoms with E-state index >= 15 is 0 Å². The number of thiazole rings is 1. The van der Waals surface area contributed by atoms with Crippen molar-refractivity contribution in [3.63, 3.8) is 0 Å². The highest BCUT2D eigenvalue weighted by atomic mass is 32.2. The lowest BCUT2D eigenvalue weighted by Crippen LogP contribution is -2.40. The smallest absolute Gasteiger partial charge is 0.433 e. The molecule has 0 N–H and O–H groups in total. The van der Waals surface area contributed by atoms with Crippen molar-refractivity contribution >= 4 is 40.8 Å². The van der Waals surface area contributed by atoms with E-state index in [0.29, 0.717) is 22.4 Å². The molecule has 0 aliphatic carbocycles. The van der Waals surface area contributed by atoms with Gasteiger partial charge < -0.3 is 9.15 Å². The number of benzene rings is 3. The first-order chi connectivity index (χ1) is 24.6. The zero-order valence-electron chi connectivity index (χ0n) is 26.4. The minimum absolute atomic E-state index is 0.0723. The third kappa shape index (κ3) is 7.05. The number of hydrogen-bond donors (Lipinski definition) is 0. The third-order valence-electron chi connectivity index (χ3n) is 7.69. The van der Waals surface area contributed by atoms with Gasteiger partial charge in [-0.2, -0.15) is 13.2 Å². The second-order valence-electron chi connectivity index (χ2n) is 11.0. The molecule has 8 nitrogen and oxygen atoms in total. The third-order valence-corrected chi connectivity index (χ3v) is 9.46. The van der Waals surface area contributed by atoms with Crippen LogP contribution in [-0.4, -0.2) is 27.1 Å². The summed E-state index contributed by atoms with van der Waals surface area (Å²) >= 11 is 1.85. The molecule has 14 heteroatoms. The molecule has 6 aromatic rings. The summed E-state index contributed by atoms with van der Waals surface area (Å²) in [5, 5.41) is 0.00990. The first-order valence-corrected chi connectivity index (χ1v) is 17.1. The SMILES string of the molecule is CCOC(=O)C1=C(c2ccccc2)N=c2s/c(=C/c3ccc(Sc4nc(-c5ccccc5)cc(C(F)(F)F)n4)o3)c(=O)n2[C@@H]1c1ccc(F)cc1. The topological polar surface area (TPSA) is 99.6 Å². The Morgan fingerprint density at radius 1 is 0.961 bits per heavy atom. The molecule has 51 heavy (non-hydrogen) atoms. The van der Waals surface area contributed by atoms with E-state index in [9.17, 15) is 27.2 Å². The van der Waals surface area contributed by atoms with Gasteiger partial charge in [-0.3, -0.25) is 9.36 Å². The van der Waals surface area contributed by atoms with Gasteiger partial charge in [0.1, 0.15) is 17.3 Å². The zero-order valence-corrected chi connectivity index (χ0v) is 28.1. The minimum Gasteiger partial charge on any atom is -0.463 e. The molecule has 0 unspecified atom stereocenters. The Labute approximate surface area is 295 Å². The molecule has 0 fully saturated rings. The molecule has 3 aromatic heterocycles. The van der Waals surface area contributed by atoms with Gasteiger partial charge in [0.25, 0.3) is 5.56 Å². The Morgan fingerprint density at radius 3 is 2.31 bits per heavy atom. The van der Waals surface area contributed by atoms with Gasteiger partial charge >= 0.3 is 12.1 Å². The van der Waals surface area contributed by atoms with Crippen molar-refractivity contribution in [2.75, 3.05) is 6.61 Å². The van der Waals surface area contributed by atoms with E-state index in [0.717, 1.165) is 29.2 Å². The summed E-state index contributed by atoms with van der Waals surface area (Å²) in [6.45, 7) is 1.74. The van der Waals surface area contributed by atoms with Crippen molar-refractivity contribution in [3.8, 4) is 11.3 Å². The fraction of sp³-hybridized carbons (Fsp3) is 0.108. The molecule has 1 atom stereocenters. The van der Waals surface area contributed by atoms with Crippen LogP contribution in [0, 0.1) is 5.82 Å². The number of hydrogen-bond acceptors (Lipinski definition) is 9. The number of furan rings is 1. The Bertz CT molecular complexity index is 2460. The number of nitrogens with zero attached hydrogens (tertiary/aromatic N) is 4. The van der Waals surface area contributed by atoms with Crippen LogP contribution in [0.15, 0.2) is 133 Å². The molecular weight excluding hydrogens is 705 g/mol. The van der Waals surface area contributed by atoms with Crippen LogP contribution in [0.2, 0.25) is 0 Å². The number of rotatable bonds is 8. The monoisotopic (exact) mass is 728 g/mol. The van der Waals surface area contributed by atoms with Gasteiger partial charge in [0.05, 0.1) is 34.1 Å². The summed E-state index contributed by atoms with van der Waals surface area (Å²) in [5.74, 6) is -0.942. The highest BCUT2D eigenvalue weighted by Crippen LogP contribution is 2.36. The number of carbonyl (C=O) groups is 1. The van der Waals surface area contributed by atoms with Gasteiger partial charge in [-0.1, -0.05) is 84.1 Å². The number of esters is 1. The predicted octanol–water partition coefficient (Wildman–Crippen LogP) is 7.29. The predicted molar refractivity (Wildman–Crippen MR) is 183 cm³/mol. The molecule has 0 radical (unpaired) electrons. The number of alkyl halides is 3. The largest absolute Gasteiger partial charge is 0.463 e. The zero-order chi connectivity index (χ0) is 35.7. The molecule has 4 heterocycles. The first-order valence-electron chi connectivity index (χ1n) is 15.4. The Hall–Kier alpha value is -5.60. The maximum absolute atomic E-state index is 14.1. The lowest BCUT2D eigenvalue weighted by molar-refractivity contribution is -0.141. The standard InChI is InChI=1S/C37H24F4N4O4S2/c1-2-48-34(47)30-31(22-11-7-4-8-12-22)44-36-45(32(30)23-13-15-24(38)16-14-23)33(46)27(50-36)19-25-17-18-29(49-25)51-35-42-26(21-9-5-3-6-10-21)20-28(43-35)37(39,40)41/h3-20,32H,2H2,1H3/b27-19+/t32-/m1/s1. The molecule has 0 bridgehead atoms. The number of ether oxygens (including phenoxy) is 1. The molecule has 1 aliphatic rings. The highest BCUT2D eigenvalue weighted by Gasteiger charge is 2.36. The van der Waals surface area contributed by atoms with E-state index < -0.39 is 35.3 Å². The van der Waals surface area contributed by atoms with Crippen LogP contribution < -0.4 is 14.9 Å². The van der Waals surface area contributed by atoms with Crippen LogP contribution in [0.5, 0.6) is 0 Å². The number of halogens is 4. The lowest BCUT2D eigenvalue weighted by Gasteiger charge is -2.25. The average molecular weight is 729 g/mol. The van der Waals surface area contributed by atoms with Crippen LogP contribution in [0.1, 0.15) is 35.5 Å².